The van der Waals surface area contributed by atoms with Crippen molar-refractivity contribution in [3.8, 4) is 0 Å². The van der Waals surface area contributed by atoms with Gasteiger partial charge in [0.1, 0.15) is 0 Å². The highest BCUT2D eigenvalue weighted by Crippen LogP contribution is 2.30. The fourth-order valence-corrected chi connectivity index (χ4v) is 3.24. The molecule has 0 bridgehead atoms. The zero-order valence-electron chi connectivity index (χ0n) is 12.7. The Kier molecular flexibility index (Phi) is 5.69. The number of benzene rings is 2. The van der Waals surface area contributed by atoms with E-state index in [9.17, 15) is 0 Å². The Labute approximate surface area is 137 Å². The minimum absolute atomic E-state index is 0.216. The second-order valence-electron chi connectivity index (χ2n) is 5.37. The average Bonchev–Trinajstić information content (AvgIpc) is 2.42. The van der Waals surface area contributed by atoms with Crippen LogP contribution in [0.2, 0.25) is 10.0 Å². The molecular formula is C18H21Cl2N. The molecule has 0 heterocycles. The lowest BCUT2D eigenvalue weighted by atomic mass is 9.94. The van der Waals surface area contributed by atoms with E-state index in [1.807, 2.05) is 18.2 Å². The van der Waals surface area contributed by atoms with Gasteiger partial charge in [-0.1, -0.05) is 60.0 Å². The number of hydrogen-bond donors (Lipinski definition) is 1. The van der Waals surface area contributed by atoms with Crippen LogP contribution >= 0.6 is 23.2 Å². The molecule has 0 saturated heterocycles. The van der Waals surface area contributed by atoms with Gasteiger partial charge >= 0.3 is 0 Å². The summed E-state index contributed by atoms with van der Waals surface area (Å²) < 4.78 is 0. The second-order valence-corrected chi connectivity index (χ2v) is 6.19. The lowest BCUT2D eigenvalue weighted by Gasteiger charge is -2.22. The summed E-state index contributed by atoms with van der Waals surface area (Å²) in [5, 5.41) is 5.01. The Hall–Kier alpha value is -1.02. The molecule has 0 aliphatic rings. The summed E-state index contributed by atoms with van der Waals surface area (Å²) in [6.45, 7) is 7.29. The summed E-state index contributed by atoms with van der Waals surface area (Å²) in [5.41, 5.74) is 4.89. The Morgan fingerprint density at radius 1 is 1.05 bits per heavy atom. The van der Waals surface area contributed by atoms with Crippen LogP contribution in [0, 0.1) is 13.8 Å². The molecule has 0 saturated carbocycles. The van der Waals surface area contributed by atoms with Gasteiger partial charge in [-0.05, 0) is 55.6 Å². The van der Waals surface area contributed by atoms with Crippen LogP contribution in [0.25, 0.3) is 0 Å². The molecule has 1 N–H and O–H groups in total. The minimum atomic E-state index is 0.216. The molecule has 3 heteroatoms. The van der Waals surface area contributed by atoms with Gasteiger partial charge in [-0.15, -0.1) is 0 Å². The van der Waals surface area contributed by atoms with E-state index in [0.29, 0.717) is 0 Å². The van der Waals surface area contributed by atoms with Gasteiger partial charge in [0.15, 0.2) is 0 Å². The summed E-state index contributed by atoms with van der Waals surface area (Å²) in [7, 11) is 0. The van der Waals surface area contributed by atoms with E-state index < -0.39 is 0 Å². The quantitative estimate of drug-likeness (QED) is 0.766. The fourth-order valence-electron chi connectivity index (χ4n) is 2.69. The summed E-state index contributed by atoms with van der Waals surface area (Å²) in [6.07, 6.45) is 0.788. The number of aryl methyl sites for hydroxylation is 2. The van der Waals surface area contributed by atoms with Gasteiger partial charge in [0.2, 0.25) is 0 Å². The van der Waals surface area contributed by atoms with Crippen molar-refractivity contribution in [3.63, 3.8) is 0 Å². The maximum atomic E-state index is 6.31. The van der Waals surface area contributed by atoms with E-state index in [0.717, 1.165) is 28.6 Å². The van der Waals surface area contributed by atoms with E-state index in [-0.39, 0.29) is 6.04 Å². The molecule has 0 radical (unpaired) electrons. The van der Waals surface area contributed by atoms with Crippen LogP contribution in [0.3, 0.4) is 0 Å². The standard InChI is InChI=1S/C18H21Cl2N/c1-4-21-18(14-9-8-12(2)10-13(14)3)11-15-16(19)6-5-7-17(15)20/h5-10,18,21H,4,11H2,1-3H3. The lowest BCUT2D eigenvalue weighted by Crippen LogP contribution is -2.24. The smallest absolute Gasteiger partial charge is 0.0453 e. The second kappa shape index (κ2) is 7.31. The molecule has 0 fully saturated rings. The van der Waals surface area contributed by atoms with Crippen LogP contribution < -0.4 is 5.32 Å². The van der Waals surface area contributed by atoms with Crippen LogP contribution in [0.1, 0.15) is 35.2 Å². The Morgan fingerprint density at radius 3 is 2.29 bits per heavy atom. The van der Waals surface area contributed by atoms with Crippen LogP contribution in [-0.2, 0) is 6.42 Å². The molecule has 2 aromatic rings. The summed E-state index contributed by atoms with van der Waals surface area (Å²) in [6, 6.07) is 12.5. The molecule has 0 aromatic heterocycles. The molecule has 1 nitrogen and oxygen atoms in total. The zero-order chi connectivity index (χ0) is 15.4. The minimum Gasteiger partial charge on any atom is -0.310 e. The van der Waals surface area contributed by atoms with Crippen molar-refractivity contribution in [2.75, 3.05) is 6.54 Å². The molecule has 0 aliphatic heterocycles. The Bertz CT molecular complexity index is 602. The molecular weight excluding hydrogens is 301 g/mol. The van der Waals surface area contributed by atoms with Crippen molar-refractivity contribution < 1.29 is 0 Å². The number of halogens is 2. The summed E-state index contributed by atoms with van der Waals surface area (Å²) >= 11 is 12.6. The van der Waals surface area contributed by atoms with Gasteiger partial charge in [0.05, 0.1) is 0 Å². The van der Waals surface area contributed by atoms with Gasteiger partial charge in [0.25, 0.3) is 0 Å². The number of rotatable bonds is 5. The van der Waals surface area contributed by atoms with Gasteiger partial charge in [-0.3, -0.25) is 0 Å². The van der Waals surface area contributed by atoms with Crippen molar-refractivity contribution in [2.45, 2.75) is 33.2 Å². The molecule has 2 rings (SSSR count). The van der Waals surface area contributed by atoms with Crippen LogP contribution in [0.4, 0.5) is 0 Å². The van der Waals surface area contributed by atoms with Crippen LogP contribution in [0.5, 0.6) is 0 Å². The highest BCUT2D eigenvalue weighted by Gasteiger charge is 2.17. The third kappa shape index (κ3) is 4.00. The molecule has 1 atom stereocenters. The molecule has 0 spiro atoms. The number of likely N-dealkylation sites (N-methyl/N-ethyl adjacent to an activating group) is 1. The monoisotopic (exact) mass is 321 g/mol. The molecule has 2 aromatic carbocycles. The van der Waals surface area contributed by atoms with Crippen molar-refractivity contribution in [3.05, 3.63) is 68.7 Å². The van der Waals surface area contributed by atoms with E-state index in [1.54, 1.807) is 0 Å². The topological polar surface area (TPSA) is 12.0 Å². The van der Waals surface area contributed by atoms with Gasteiger partial charge < -0.3 is 5.32 Å². The highest BCUT2D eigenvalue weighted by atomic mass is 35.5. The van der Waals surface area contributed by atoms with E-state index >= 15 is 0 Å². The van der Waals surface area contributed by atoms with Crippen molar-refractivity contribution in [1.29, 1.82) is 0 Å². The third-order valence-electron chi connectivity index (χ3n) is 3.72. The normalized spacial score (nSPS) is 12.4. The number of nitrogens with one attached hydrogen (secondary N) is 1. The molecule has 21 heavy (non-hydrogen) atoms. The maximum absolute atomic E-state index is 6.31. The molecule has 112 valence electrons. The van der Waals surface area contributed by atoms with Crippen molar-refractivity contribution in [2.24, 2.45) is 0 Å². The first-order chi connectivity index (χ1) is 10.0. The lowest BCUT2D eigenvalue weighted by molar-refractivity contribution is 0.547. The van der Waals surface area contributed by atoms with E-state index in [2.05, 4.69) is 44.3 Å². The Balaban J connectivity index is 2.35. The SMILES string of the molecule is CCNC(Cc1c(Cl)cccc1Cl)c1ccc(C)cc1C. The largest absolute Gasteiger partial charge is 0.310 e. The van der Waals surface area contributed by atoms with Gasteiger partial charge in [0, 0.05) is 16.1 Å². The van der Waals surface area contributed by atoms with E-state index in [4.69, 9.17) is 23.2 Å². The number of hydrogen-bond acceptors (Lipinski definition) is 1. The summed E-state index contributed by atoms with van der Waals surface area (Å²) in [5.74, 6) is 0. The van der Waals surface area contributed by atoms with Crippen LogP contribution in [-0.4, -0.2) is 6.54 Å². The predicted molar refractivity (Wildman–Crippen MR) is 92.5 cm³/mol. The molecule has 0 aliphatic carbocycles. The highest BCUT2D eigenvalue weighted by molar-refractivity contribution is 6.36. The molecule has 0 amide bonds. The van der Waals surface area contributed by atoms with Crippen LogP contribution in [0.15, 0.2) is 36.4 Å². The zero-order valence-corrected chi connectivity index (χ0v) is 14.2. The first-order valence-corrected chi connectivity index (χ1v) is 8.02. The van der Waals surface area contributed by atoms with E-state index in [1.165, 1.54) is 16.7 Å². The van der Waals surface area contributed by atoms with Gasteiger partial charge in [-0.2, -0.15) is 0 Å². The van der Waals surface area contributed by atoms with Gasteiger partial charge in [-0.25, -0.2) is 0 Å². The first kappa shape index (κ1) is 16.4. The third-order valence-corrected chi connectivity index (χ3v) is 4.43. The fraction of sp³-hybridized carbons (Fsp3) is 0.333. The first-order valence-electron chi connectivity index (χ1n) is 7.26. The maximum Gasteiger partial charge on any atom is 0.0453 e. The van der Waals surface area contributed by atoms with Crippen molar-refractivity contribution in [1.82, 2.24) is 5.32 Å². The summed E-state index contributed by atoms with van der Waals surface area (Å²) in [4.78, 5) is 0. The predicted octanol–water partition coefficient (Wildman–Crippen LogP) is 5.50. The van der Waals surface area contributed by atoms with Crippen molar-refractivity contribution >= 4 is 23.2 Å². The molecule has 1 unspecified atom stereocenters. The average molecular weight is 322 g/mol. The Morgan fingerprint density at radius 2 is 1.71 bits per heavy atom.